The number of halogens is 2. The molecular weight excluding hydrogens is 774 g/mol. The number of aromatic nitrogens is 3. The predicted octanol–water partition coefficient (Wildman–Crippen LogP) is 9.05. The lowest BCUT2D eigenvalue weighted by atomic mass is 9.97. The van der Waals surface area contributed by atoms with Gasteiger partial charge in [0.2, 0.25) is 0 Å². The van der Waals surface area contributed by atoms with Crippen LogP contribution in [0, 0.1) is 6.92 Å². The number of aryl methyl sites for hydroxylation is 1. The molecule has 2 aliphatic heterocycles. The van der Waals surface area contributed by atoms with Gasteiger partial charge in [-0.1, -0.05) is 24.3 Å². The summed E-state index contributed by atoms with van der Waals surface area (Å²) in [6.45, 7) is 9.30. The third kappa shape index (κ3) is 9.52. The number of carbonyl (C=O) groups is 3. The lowest BCUT2D eigenvalue weighted by Crippen LogP contribution is -2.47. The molecule has 2 fully saturated rings. The number of carboxylic acids is 1. The van der Waals surface area contributed by atoms with Gasteiger partial charge in [0.1, 0.15) is 16.4 Å². The van der Waals surface area contributed by atoms with Crippen LogP contribution in [0.1, 0.15) is 96.3 Å². The van der Waals surface area contributed by atoms with Gasteiger partial charge in [0.25, 0.3) is 11.8 Å². The Labute approximate surface area is 298 Å². The standard InChI is InChI=1S/C17H20N2OS.C11H15BrN2OS.C4H2BrNO2S/c1-12-7-3-4-9-14(12)16-18-15(11-21-16)17(20)19-10-6-5-8-13(19)2;1-7-4-3-5-8(2)14(7)10(15)9-6-16-11(12)13-9;5-4-6-2(1-9-4)3(7)8/h3-4,7,9,11,13H,5-6,8,10H2,1-2H3;6-8H,3-5H2,1-2H3;1H,(H,7,8). The lowest BCUT2D eigenvalue weighted by molar-refractivity contribution is 0.0504. The molecule has 2 amide bonds. The molecule has 0 bridgehead atoms. The Balaban J connectivity index is 0.000000170. The molecule has 0 aliphatic carbocycles. The number of aromatic carboxylic acids is 1. The van der Waals surface area contributed by atoms with Gasteiger partial charge in [-0.3, -0.25) is 9.59 Å². The minimum atomic E-state index is -0.989. The van der Waals surface area contributed by atoms with Crippen molar-refractivity contribution in [3.63, 3.8) is 0 Å². The second-order valence-electron chi connectivity index (χ2n) is 11.3. The zero-order valence-corrected chi connectivity index (χ0v) is 31.7. The van der Waals surface area contributed by atoms with Crippen LogP contribution in [0.5, 0.6) is 0 Å². The summed E-state index contributed by atoms with van der Waals surface area (Å²) in [5.41, 5.74) is 3.56. The quantitative estimate of drug-likeness (QED) is 0.219. The summed E-state index contributed by atoms with van der Waals surface area (Å²) < 4.78 is 1.37. The van der Waals surface area contributed by atoms with Gasteiger partial charge in [-0.15, -0.1) is 34.0 Å². The summed E-state index contributed by atoms with van der Waals surface area (Å²) in [6, 6.07) is 9.16. The molecule has 46 heavy (non-hydrogen) atoms. The maximum atomic E-state index is 12.6. The molecule has 9 nitrogen and oxygen atoms in total. The summed E-state index contributed by atoms with van der Waals surface area (Å²) in [4.78, 5) is 51.4. The molecule has 1 aromatic carbocycles. The molecular formula is C32H37Br2N5O4S3. The van der Waals surface area contributed by atoms with E-state index in [9.17, 15) is 14.4 Å². The zero-order chi connectivity index (χ0) is 33.4. The summed E-state index contributed by atoms with van der Waals surface area (Å²) in [7, 11) is 0. The number of likely N-dealkylation sites (tertiary alicyclic amines) is 2. The number of hydrogen-bond acceptors (Lipinski definition) is 9. The van der Waals surface area contributed by atoms with Crippen molar-refractivity contribution in [3.05, 3.63) is 70.9 Å². The minimum Gasteiger partial charge on any atom is -0.476 e. The Kier molecular flexibility index (Phi) is 13.5. The van der Waals surface area contributed by atoms with E-state index >= 15 is 0 Å². The van der Waals surface area contributed by atoms with E-state index in [4.69, 9.17) is 5.11 Å². The van der Waals surface area contributed by atoms with Crippen LogP contribution in [-0.2, 0) is 0 Å². The van der Waals surface area contributed by atoms with Crippen molar-refractivity contribution in [1.29, 1.82) is 0 Å². The van der Waals surface area contributed by atoms with Crippen molar-refractivity contribution in [3.8, 4) is 10.6 Å². The van der Waals surface area contributed by atoms with Gasteiger partial charge in [-0.05, 0) is 104 Å². The number of rotatable bonds is 4. The lowest BCUT2D eigenvalue weighted by Gasteiger charge is -2.38. The Bertz CT molecular complexity index is 1630. The summed E-state index contributed by atoms with van der Waals surface area (Å²) in [6.07, 6.45) is 6.83. The average molecular weight is 812 g/mol. The largest absolute Gasteiger partial charge is 0.476 e. The van der Waals surface area contributed by atoms with Crippen LogP contribution in [0.4, 0.5) is 0 Å². The Morgan fingerprint density at radius 2 is 1.33 bits per heavy atom. The average Bonchev–Trinajstić information content (AvgIpc) is 3.79. The molecule has 14 heteroatoms. The minimum absolute atomic E-state index is 0.0710. The van der Waals surface area contributed by atoms with Crippen LogP contribution in [0.2, 0.25) is 0 Å². The first-order valence-corrected chi connectivity index (χ1v) is 19.3. The Morgan fingerprint density at radius 3 is 1.87 bits per heavy atom. The van der Waals surface area contributed by atoms with Gasteiger partial charge in [-0.2, -0.15) is 0 Å². The van der Waals surface area contributed by atoms with Crippen LogP contribution >= 0.6 is 65.9 Å². The number of nitrogens with zero attached hydrogens (tertiary/aromatic N) is 5. The van der Waals surface area contributed by atoms with Crippen LogP contribution in [-0.4, -0.2) is 72.3 Å². The van der Waals surface area contributed by atoms with E-state index in [0.29, 0.717) is 33.4 Å². The van der Waals surface area contributed by atoms with E-state index in [1.807, 2.05) is 32.7 Å². The van der Waals surface area contributed by atoms with Crippen molar-refractivity contribution in [2.75, 3.05) is 6.54 Å². The SMILES string of the molecule is CC1CCCC(C)N1C(=O)c1csc(Br)n1.Cc1ccccc1-c1nc(C(=O)N2CCCCC2C)cs1.O=C(O)c1csc(Br)n1. The molecule has 0 saturated carbocycles. The zero-order valence-electron chi connectivity index (χ0n) is 26.1. The molecule has 0 spiro atoms. The fraction of sp³-hybridized carbons (Fsp3) is 0.438. The summed E-state index contributed by atoms with van der Waals surface area (Å²) in [5, 5.41) is 14.4. The van der Waals surface area contributed by atoms with Gasteiger partial charge in [0.15, 0.2) is 13.5 Å². The number of benzene rings is 1. The second kappa shape index (κ2) is 17.0. The second-order valence-corrected chi connectivity index (χ2v) is 16.4. The van der Waals surface area contributed by atoms with E-state index in [0.717, 1.165) is 46.7 Å². The molecule has 2 saturated heterocycles. The maximum Gasteiger partial charge on any atom is 0.355 e. The van der Waals surface area contributed by atoms with E-state index < -0.39 is 5.97 Å². The highest BCUT2D eigenvalue weighted by Gasteiger charge is 2.31. The van der Waals surface area contributed by atoms with Gasteiger partial charge in [0.05, 0.1) is 0 Å². The molecule has 6 rings (SSSR count). The van der Waals surface area contributed by atoms with E-state index in [1.54, 1.807) is 11.3 Å². The maximum absolute atomic E-state index is 12.6. The van der Waals surface area contributed by atoms with Crippen molar-refractivity contribution < 1.29 is 19.5 Å². The van der Waals surface area contributed by atoms with E-state index in [1.165, 1.54) is 46.5 Å². The molecule has 246 valence electrons. The topological polar surface area (TPSA) is 117 Å². The number of piperidine rings is 2. The summed E-state index contributed by atoms with van der Waals surface area (Å²) >= 11 is 10.6. The molecule has 3 aromatic heterocycles. The normalized spacial score (nSPS) is 19.4. The van der Waals surface area contributed by atoms with Crippen molar-refractivity contribution in [1.82, 2.24) is 24.8 Å². The molecule has 3 atom stereocenters. The highest BCUT2D eigenvalue weighted by atomic mass is 79.9. The molecule has 5 heterocycles. The van der Waals surface area contributed by atoms with Crippen LogP contribution in [0.25, 0.3) is 10.6 Å². The fourth-order valence-corrected chi connectivity index (χ4v) is 8.36. The van der Waals surface area contributed by atoms with Gasteiger partial charge in [-0.25, -0.2) is 19.7 Å². The highest BCUT2D eigenvalue weighted by Crippen LogP contribution is 2.29. The van der Waals surface area contributed by atoms with Crippen LogP contribution in [0.3, 0.4) is 0 Å². The predicted molar refractivity (Wildman–Crippen MR) is 192 cm³/mol. The molecule has 2 aliphatic rings. The number of carbonyl (C=O) groups excluding carboxylic acids is 2. The Morgan fingerprint density at radius 1 is 0.761 bits per heavy atom. The molecule has 3 unspecified atom stereocenters. The van der Waals surface area contributed by atoms with Crippen molar-refractivity contribution >= 4 is 83.7 Å². The summed E-state index contributed by atoms with van der Waals surface area (Å²) in [5.74, 6) is -0.836. The highest BCUT2D eigenvalue weighted by molar-refractivity contribution is 9.11. The molecule has 0 radical (unpaired) electrons. The first kappa shape index (κ1) is 36.3. The van der Waals surface area contributed by atoms with Gasteiger partial charge in [0, 0.05) is 46.4 Å². The first-order chi connectivity index (χ1) is 22.0. The third-order valence-electron chi connectivity index (χ3n) is 7.98. The van der Waals surface area contributed by atoms with Crippen molar-refractivity contribution in [2.24, 2.45) is 0 Å². The van der Waals surface area contributed by atoms with E-state index in [-0.39, 0.29) is 17.5 Å². The third-order valence-corrected chi connectivity index (χ3v) is 11.6. The monoisotopic (exact) mass is 809 g/mol. The van der Waals surface area contributed by atoms with Gasteiger partial charge >= 0.3 is 5.97 Å². The van der Waals surface area contributed by atoms with Crippen LogP contribution < -0.4 is 0 Å². The molecule has 1 N–H and O–H groups in total. The van der Waals surface area contributed by atoms with Crippen molar-refractivity contribution in [2.45, 2.75) is 84.3 Å². The van der Waals surface area contributed by atoms with Gasteiger partial charge < -0.3 is 14.9 Å². The van der Waals surface area contributed by atoms with Crippen LogP contribution in [0.15, 0.2) is 48.2 Å². The number of carboxylic acid groups (broad SMARTS) is 1. The van der Waals surface area contributed by atoms with E-state index in [2.05, 4.69) is 86.6 Å². The smallest absolute Gasteiger partial charge is 0.355 e. The number of thiazole rings is 3. The number of hydrogen-bond donors (Lipinski definition) is 1. The molecule has 4 aromatic rings. The Hall–Kier alpha value is -2.52. The fourth-order valence-electron chi connectivity index (χ4n) is 5.51. The number of amides is 2. The first-order valence-electron chi connectivity index (χ1n) is 15.1.